The van der Waals surface area contributed by atoms with Crippen LogP contribution in [-0.4, -0.2) is 23.9 Å². The Morgan fingerprint density at radius 1 is 1.50 bits per heavy atom. The molecule has 1 aliphatic carbocycles. The maximum absolute atomic E-state index is 9.41. The molecule has 0 heterocycles. The molecule has 1 fully saturated rings. The maximum atomic E-state index is 9.41. The molecule has 3 heteroatoms. The molecule has 12 heavy (non-hydrogen) atoms. The highest BCUT2D eigenvalue weighted by Gasteiger charge is 2.24. The highest BCUT2D eigenvalue weighted by atomic mass is 16.6. The van der Waals surface area contributed by atoms with E-state index in [4.69, 9.17) is 4.84 Å². The standard InChI is InChI=1S/C9H19NO2/c1-7(2)6-12-10-8-4-3-5-9(8)11/h7-11H,3-6H2,1-2H3/t8-,9-/m1/s1. The summed E-state index contributed by atoms with van der Waals surface area (Å²) in [7, 11) is 0. The zero-order chi connectivity index (χ0) is 8.97. The summed E-state index contributed by atoms with van der Waals surface area (Å²) in [6.07, 6.45) is 2.82. The smallest absolute Gasteiger partial charge is 0.0716 e. The minimum absolute atomic E-state index is 0.156. The van der Waals surface area contributed by atoms with Crippen molar-refractivity contribution in [3.8, 4) is 0 Å². The quantitative estimate of drug-likeness (QED) is 0.625. The van der Waals surface area contributed by atoms with Crippen LogP contribution < -0.4 is 5.48 Å². The second-order valence-electron chi connectivity index (χ2n) is 3.93. The molecule has 0 aromatic rings. The topological polar surface area (TPSA) is 41.5 Å². The summed E-state index contributed by atoms with van der Waals surface area (Å²) in [5.74, 6) is 0.538. The predicted molar refractivity (Wildman–Crippen MR) is 47.6 cm³/mol. The Balaban J connectivity index is 2.06. The third-order valence-electron chi connectivity index (χ3n) is 2.13. The monoisotopic (exact) mass is 173 g/mol. The van der Waals surface area contributed by atoms with E-state index in [0.29, 0.717) is 12.5 Å². The molecule has 2 N–H and O–H groups in total. The largest absolute Gasteiger partial charge is 0.391 e. The van der Waals surface area contributed by atoms with Crippen molar-refractivity contribution in [2.24, 2.45) is 5.92 Å². The molecule has 0 aromatic heterocycles. The van der Waals surface area contributed by atoms with Crippen LogP contribution >= 0.6 is 0 Å². The van der Waals surface area contributed by atoms with Crippen LogP contribution in [0.5, 0.6) is 0 Å². The highest BCUT2D eigenvalue weighted by Crippen LogP contribution is 2.18. The van der Waals surface area contributed by atoms with Gasteiger partial charge in [0.05, 0.1) is 18.8 Å². The van der Waals surface area contributed by atoms with Gasteiger partial charge in [-0.1, -0.05) is 13.8 Å². The minimum Gasteiger partial charge on any atom is -0.391 e. The average molecular weight is 173 g/mol. The highest BCUT2D eigenvalue weighted by molar-refractivity contribution is 4.79. The fraction of sp³-hybridized carbons (Fsp3) is 1.00. The summed E-state index contributed by atoms with van der Waals surface area (Å²) < 4.78 is 0. The van der Waals surface area contributed by atoms with E-state index in [1.54, 1.807) is 0 Å². The first-order valence-electron chi connectivity index (χ1n) is 4.75. The minimum atomic E-state index is -0.211. The molecule has 0 radical (unpaired) electrons. The number of hydrogen-bond acceptors (Lipinski definition) is 3. The number of nitrogens with one attached hydrogen (secondary N) is 1. The van der Waals surface area contributed by atoms with Gasteiger partial charge in [0.2, 0.25) is 0 Å². The van der Waals surface area contributed by atoms with Gasteiger partial charge in [-0.25, -0.2) is 0 Å². The van der Waals surface area contributed by atoms with Gasteiger partial charge >= 0.3 is 0 Å². The molecule has 1 saturated carbocycles. The van der Waals surface area contributed by atoms with Gasteiger partial charge in [0, 0.05) is 0 Å². The van der Waals surface area contributed by atoms with Crippen LogP contribution in [0.25, 0.3) is 0 Å². The summed E-state index contributed by atoms with van der Waals surface area (Å²) in [5.41, 5.74) is 2.91. The first-order valence-corrected chi connectivity index (χ1v) is 4.75. The van der Waals surface area contributed by atoms with E-state index >= 15 is 0 Å². The van der Waals surface area contributed by atoms with E-state index in [1.165, 1.54) is 0 Å². The Bertz CT molecular complexity index is 128. The van der Waals surface area contributed by atoms with Crippen LogP contribution in [0, 0.1) is 5.92 Å². The lowest BCUT2D eigenvalue weighted by Gasteiger charge is -2.16. The molecule has 0 aromatic carbocycles. The molecular formula is C9H19NO2. The van der Waals surface area contributed by atoms with Crippen LogP contribution in [0.2, 0.25) is 0 Å². The van der Waals surface area contributed by atoms with E-state index in [0.717, 1.165) is 19.3 Å². The molecule has 72 valence electrons. The van der Waals surface area contributed by atoms with Crippen molar-refractivity contribution in [3.63, 3.8) is 0 Å². The van der Waals surface area contributed by atoms with Crippen molar-refractivity contribution >= 4 is 0 Å². The average Bonchev–Trinajstić information content (AvgIpc) is 2.36. The summed E-state index contributed by atoms with van der Waals surface area (Å²) in [6.45, 7) is 4.92. The number of hydrogen-bond donors (Lipinski definition) is 2. The fourth-order valence-corrected chi connectivity index (χ4v) is 1.40. The molecule has 0 aliphatic heterocycles. The van der Waals surface area contributed by atoms with Gasteiger partial charge in [0.25, 0.3) is 0 Å². The lowest BCUT2D eigenvalue weighted by Crippen LogP contribution is -2.36. The lowest BCUT2D eigenvalue weighted by molar-refractivity contribution is -0.0241. The fourth-order valence-electron chi connectivity index (χ4n) is 1.40. The number of aliphatic hydroxyl groups is 1. The van der Waals surface area contributed by atoms with Gasteiger partial charge in [0.1, 0.15) is 0 Å². The number of hydroxylamine groups is 1. The Labute approximate surface area is 74.1 Å². The second-order valence-corrected chi connectivity index (χ2v) is 3.93. The van der Waals surface area contributed by atoms with Crippen molar-refractivity contribution < 1.29 is 9.94 Å². The van der Waals surface area contributed by atoms with E-state index in [2.05, 4.69) is 19.3 Å². The molecular weight excluding hydrogens is 154 g/mol. The van der Waals surface area contributed by atoms with Crippen LogP contribution in [0.1, 0.15) is 33.1 Å². The summed E-state index contributed by atoms with van der Waals surface area (Å²) in [5, 5.41) is 9.41. The first-order chi connectivity index (χ1) is 5.70. The zero-order valence-electron chi connectivity index (χ0n) is 7.92. The van der Waals surface area contributed by atoms with Crippen LogP contribution in [0.3, 0.4) is 0 Å². The maximum Gasteiger partial charge on any atom is 0.0716 e. The Kier molecular flexibility index (Phi) is 3.98. The summed E-state index contributed by atoms with van der Waals surface area (Å²) in [4.78, 5) is 5.24. The van der Waals surface area contributed by atoms with E-state index in [-0.39, 0.29) is 12.1 Å². The molecule has 3 nitrogen and oxygen atoms in total. The van der Waals surface area contributed by atoms with Gasteiger partial charge in [-0.15, -0.1) is 0 Å². The predicted octanol–water partition coefficient (Wildman–Crippen LogP) is 1.08. The van der Waals surface area contributed by atoms with Gasteiger partial charge in [-0.05, 0) is 25.2 Å². The number of aliphatic hydroxyl groups excluding tert-OH is 1. The van der Waals surface area contributed by atoms with E-state index < -0.39 is 0 Å². The van der Waals surface area contributed by atoms with Gasteiger partial charge in [0.15, 0.2) is 0 Å². The van der Waals surface area contributed by atoms with Gasteiger partial charge in [-0.2, -0.15) is 5.48 Å². The number of rotatable bonds is 4. The van der Waals surface area contributed by atoms with Crippen molar-refractivity contribution in [3.05, 3.63) is 0 Å². The summed E-state index contributed by atoms with van der Waals surface area (Å²) in [6, 6.07) is 0.156. The van der Waals surface area contributed by atoms with Crippen molar-refractivity contribution in [2.75, 3.05) is 6.61 Å². The lowest BCUT2D eigenvalue weighted by atomic mass is 10.2. The Hall–Kier alpha value is -0.120. The molecule has 0 bridgehead atoms. The SMILES string of the molecule is CC(C)CON[C@@H]1CCC[C@H]1O. The molecule has 2 atom stereocenters. The third kappa shape index (κ3) is 3.09. The summed E-state index contributed by atoms with van der Waals surface area (Å²) >= 11 is 0. The molecule has 0 saturated heterocycles. The zero-order valence-corrected chi connectivity index (χ0v) is 7.92. The van der Waals surface area contributed by atoms with E-state index in [1.807, 2.05) is 0 Å². The van der Waals surface area contributed by atoms with E-state index in [9.17, 15) is 5.11 Å². The molecule has 0 spiro atoms. The molecule has 1 rings (SSSR count). The third-order valence-corrected chi connectivity index (χ3v) is 2.13. The Morgan fingerprint density at radius 3 is 2.75 bits per heavy atom. The van der Waals surface area contributed by atoms with Crippen molar-refractivity contribution in [1.82, 2.24) is 5.48 Å². The van der Waals surface area contributed by atoms with Crippen LogP contribution in [0.4, 0.5) is 0 Å². The van der Waals surface area contributed by atoms with Crippen molar-refractivity contribution in [1.29, 1.82) is 0 Å². The second kappa shape index (κ2) is 4.80. The van der Waals surface area contributed by atoms with Crippen LogP contribution in [-0.2, 0) is 4.84 Å². The van der Waals surface area contributed by atoms with Gasteiger partial charge < -0.3 is 9.94 Å². The molecule has 0 amide bonds. The molecule has 1 aliphatic rings. The first kappa shape index (κ1) is 9.96. The van der Waals surface area contributed by atoms with Crippen molar-refractivity contribution in [2.45, 2.75) is 45.3 Å². The Morgan fingerprint density at radius 2 is 2.25 bits per heavy atom. The normalized spacial score (nSPS) is 30.0. The van der Waals surface area contributed by atoms with Crippen LogP contribution in [0.15, 0.2) is 0 Å². The molecule has 0 unspecified atom stereocenters. The van der Waals surface area contributed by atoms with Gasteiger partial charge in [-0.3, -0.25) is 0 Å².